The Morgan fingerprint density at radius 3 is 1.67 bits per heavy atom. The molecule has 0 N–H and O–H groups in total. The summed E-state index contributed by atoms with van der Waals surface area (Å²) >= 11 is 1.87. The lowest BCUT2D eigenvalue weighted by Crippen LogP contribution is -1.95. The summed E-state index contributed by atoms with van der Waals surface area (Å²) in [5.41, 5.74) is 11.8. The average Bonchev–Trinajstić information content (AvgIpc) is 3.52. The SMILES string of the molecule is c1ccc2c(c1)Sc1ccc(-c3ccccc3-c3ccccc3-c3cccc4oc5ccc6ccccc6c5c34)c3cccc-2c13. The summed E-state index contributed by atoms with van der Waals surface area (Å²) in [7, 11) is 0. The van der Waals surface area contributed by atoms with Crippen molar-refractivity contribution in [1.82, 2.24) is 0 Å². The molecule has 1 aliphatic heterocycles. The van der Waals surface area contributed by atoms with Crippen LogP contribution in [0, 0.1) is 0 Å². The molecule has 0 radical (unpaired) electrons. The highest BCUT2D eigenvalue weighted by Crippen LogP contribution is 2.51. The van der Waals surface area contributed by atoms with E-state index in [1.807, 2.05) is 11.8 Å². The standard InChI is InChI=1S/C44H26OS/c1-2-12-28-27(11-1)23-25-39-43(28)44-36(20-10-21-38(44)45-39)32-16-6-5-14-30(32)29-13-3-4-15-31(29)33-24-26-41-42-35(33)18-9-19-37(42)34-17-7-8-22-40(34)46-41/h1-26H. The number of hydrogen-bond donors (Lipinski definition) is 0. The minimum atomic E-state index is 0.910. The number of benzene rings is 8. The lowest BCUT2D eigenvalue weighted by molar-refractivity contribution is 0.669. The van der Waals surface area contributed by atoms with E-state index < -0.39 is 0 Å². The number of hydrogen-bond acceptors (Lipinski definition) is 2. The van der Waals surface area contributed by atoms with Crippen molar-refractivity contribution in [2.24, 2.45) is 0 Å². The van der Waals surface area contributed by atoms with Gasteiger partial charge in [0.15, 0.2) is 0 Å². The molecule has 0 atom stereocenters. The Kier molecular flexibility index (Phi) is 5.58. The summed E-state index contributed by atoms with van der Waals surface area (Å²) in [5.74, 6) is 0. The first-order valence-corrected chi connectivity index (χ1v) is 16.5. The molecule has 10 rings (SSSR count). The molecule has 0 saturated carbocycles. The quantitative estimate of drug-likeness (QED) is 0.200. The van der Waals surface area contributed by atoms with Crippen LogP contribution >= 0.6 is 11.8 Å². The van der Waals surface area contributed by atoms with Gasteiger partial charge >= 0.3 is 0 Å². The topological polar surface area (TPSA) is 13.1 Å². The van der Waals surface area contributed by atoms with Gasteiger partial charge in [0.1, 0.15) is 11.2 Å². The Morgan fingerprint density at radius 1 is 0.304 bits per heavy atom. The molecule has 0 saturated heterocycles. The molecule has 0 aliphatic carbocycles. The van der Waals surface area contributed by atoms with Crippen LogP contribution in [0.3, 0.4) is 0 Å². The van der Waals surface area contributed by atoms with Crippen LogP contribution in [0.2, 0.25) is 0 Å². The van der Waals surface area contributed by atoms with E-state index in [0.29, 0.717) is 0 Å². The largest absolute Gasteiger partial charge is 0.456 e. The van der Waals surface area contributed by atoms with E-state index in [2.05, 4.69) is 158 Å². The van der Waals surface area contributed by atoms with Crippen LogP contribution in [-0.2, 0) is 0 Å². The normalized spacial score (nSPS) is 12.3. The van der Waals surface area contributed by atoms with Gasteiger partial charge in [-0.05, 0) is 84.9 Å². The van der Waals surface area contributed by atoms with E-state index >= 15 is 0 Å². The van der Waals surface area contributed by atoms with E-state index in [4.69, 9.17) is 4.42 Å². The van der Waals surface area contributed by atoms with Crippen molar-refractivity contribution in [1.29, 1.82) is 0 Å². The first-order valence-electron chi connectivity index (χ1n) is 15.7. The Bertz CT molecular complexity index is 2680. The number of furan rings is 1. The van der Waals surface area contributed by atoms with Crippen LogP contribution in [0.4, 0.5) is 0 Å². The fraction of sp³-hybridized carbons (Fsp3) is 0. The van der Waals surface area contributed by atoms with Gasteiger partial charge in [-0.2, -0.15) is 0 Å². The molecule has 0 unspecified atom stereocenters. The number of fused-ring (bicyclic) bond motifs is 7. The molecule has 2 heterocycles. The zero-order valence-electron chi connectivity index (χ0n) is 24.8. The van der Waals surface area contributed by atoms with Crippen molar-refractivity contribution in [2.45, 2.75) is 9.79 Å². The van der Waals surface area contributed by atoms with Crippen LogP contribution in [0.25, 0.3) is 88.0 Å². The van der Waals surface area contributed by atoms with Gasteiger partial charge in [-0.1, -0.05) is 145 Å². The van der Waals surface area contributed by atoms with Gasteiger partial charge in [0.2, 0.25) is 0 Å². The van der Waals surface area contributed by atoms with Gasteiger partial charge in [-0.25, -0.2) is 0 Å². The van der Waals surface area contributed by atoms with Gasteiger partial charge in [0, 0.05) is 25.9 Å². The van der Waals surface area contributed by atoms with Crippen LogP contribution < -0.4 is 0 Å². The highest BCUT2D eigenvalue weighted by molar-refractivity contribution is 7.99. The second kappa shape index (κ2) is 9.97. The molecular formula is C44H26OS. The fourth-order valence-corrected chi connectivity index (χ4v) is 8.66. The monoisotopic (exact) mass is 602 g/mol. The summed E-state index contributed by atoms with van der Waals surface area (Å²) < 4.78 is 6.47. The van der Waals surface area contributed by atoms with Crippen LogP contribution in [0.15, 0.2) is 172 Å². The molecule has 0 fully saturated rings. The van der Waals surface area contributed by atoms with Gasteiger partial charge < -0.3 is 4.42 Å². The third kappa shape index (κ3) is 3.71. The Morgan fingerprint density at radius 2 is 0.870 bits per heavy atom. The van der Waals surface area contributed by atoms with E-state index in [1.165, 1.54) is 81.2 Å². The predicted molar refractivity (Wildman–Crippen MR) is 195 cm³/mol. The molecule has 1 aromatic heterocycles. The van der Waals surface area contributed by atoms with Crippen molar-refractivity contribution in [3.63, 3.8) is 0 Å². The minimum Gasteiger partial charge on any atom is -0.456 e. The van der Waals surface area contributed by atoms with Crippen LogP contribution in [-0.4, -0.2) is 0 Å². The molecule has 8 aromatic carbocycles. The summed E-state index contributed by atoms with van der Waals surface area (Å²) in [6, 6.07) is 57.2. The highest BCUT2D eigenvalue weighted by atomic mass is 32.2. The van der Waals surface area contributed by atoms with E-state index in [-0.39, 0.29) is 0 Å². The van der Waals surface area contributed by atoms with Crippen molar-refractivity contribution in [3.05, 3.63) is 158 Å². The first-order chi connectivity index (χ1) is 22.8. The van der Waals surface area contributed by atoms with Crippen LogP contribution in [0.5, 0.6) is 0 Å². The molecule has 0 spiro atoms. The minimum absolute atomic E-state index is 0.910. The highest BCUT2D eigenvalue weighted by Gasteiger charge is 2.22. The third-order valence-corrected chi connectivity index (χ3v) is 10.6. The molecule has 1 aliphatic rings. The summed E-state index contributed by atoms with van der Waals surface area (Å²) in [5, 5.41) is 7.40. The van der Waals surface area contributed by atoms with Crippen LogP contribution in [0.1, 0.15) is 0 Å². The van der Waals surface area contributed by atoms with Gasteiger partial charge in [0.05, 0.1) is 0 Å². The molecule has 46 heavy (non-hydrogen) atoms. The molecule has 0 bridgehead atoms. The summed E-state index contributed by atoms with van der Waals surface area (Å²) in [4.78, 5) is 2.63. The lowest BCUT2D eigenvalue weighted by Gasteiger charge is -2.22. The second-order valence-electron chi connectivity index (χ2n) is 12.0. The van der Waals surface area contributed by atoms with Crippen molar-refractivity contribution >= 4 is 55.2 Å². The molecular weight excluding hydrogens is 577 g/mol. The Balaban J connectivity index is 1.23. The maximum atomic E-state index is 6.47. The van der Waals surface area contributed by atoms with E-state index in [9.17, 15) is 0 Å². The van der Waals surface area contributed by atoms with E-state index in [0.717, 1.165) is 16.6 Å². The first kappa shape index (κ1) is 25.7. The molecule has 0 amide bonds. The maximum absolute atomic E-state index is 6.47. The van der Waals surface area contributed by atoms with Crippen molar-refractivity contribution in [3.8, 4) is 44.5 Å². The van der Waals surface area contributed by atoms with Gasteiger partial charge in [-0.3, -0.25) is 0 Å². The van der Waals surface area contributed by atoms with E-state index in [1.54, 1.807) is 0 Å². The Labute approximate surface area is 270 Å². The van der Waals surface area contributed by atoms with Crippen molar-refractivity contribution < 1.29 is 4.42 Å². The van der Waals surface area contributed by atoms with Gasteiger partial charge in [-0.15, -0.1) is 0 Å². The average molecular weight is 603 g/mol. The Hall–Kier alpha value is -5.57. The lowest BCUT2D eigenvalue weighted by atomic mass is 9.86. The summed E-state index contributed by atoms with van der Waals surface area (Å²) in [6.45, 7) is 0. The van der Waals surface area contributed by atoms with Crippen molar-refractivity contribution in [2.75, 3.05) is 0 Å². The smallest absolute Gasteiger partial charge is 0.136 e. The second-order valence-corrected chi connectivity index (χ2v) is 13.1. The maximum Gasteiger partial charge on any atom is 0.136 e. The molecule has 2 heteroatoms. The zero-order valence-corrected chi connectivity index (χ0v) is 25.6. The molecule has 1 nitrogen and oxygen atoms in total. The number of rotatable bonds is 3. The zero-order chi connectivity index (χ0) is 30.2. The van der Waals surface area contributed by atoms with Gasteiger partial charge in [0.25, 0.3) is 0 Å². The molecule has 214 valence electrons. The summed E-state index contributed by atoms with van der Waals surface area (Å²) in [6.07, 6.45) is 0. The predicted octanol–water partition coefficient (Wildman–Crippen LogP) is 13.0. The fourth-order valence-electron chi connectivity index (χ4n) is 7.53. The third-order valence-electron chi connectivity index (χ3n) is 9.51. The molecule has 9 aromatic rings.